The molecular formula is C26H25ClN2O3. The van der Waals surface area contributed by atoms with E-state index in [1.54, 1.807) is 24.1 Å². The van der Waals surface area contributed by atoms with Gasteiger partial charge in [0.25, 0.3) is 5.91 Å². The number of carbonyl (C=O) groups is 2. The monoisotopic (exact) mass is 448 g/mol. The van der Waals surface area contributed by atoms with Crippen LogP contribution in [0.2, 0.25) is 5.02 Å². The summed E-state index contributed by atoms with van der Waals surface area (Å²) >= 11 is 5.96. The summed E-state index contributed by atoms with van der Waals surface area (Å²) in [7, 11) is 1.61. The molecule has 1 unspecified atom stereocenters. The molecule has 4 rings (SSSR count). The normalized spacial score (nSPS) is 17.6. The summed E-state index contributed by atoms with van der Waals surface area (Å²) in [6, 6.07) is 22.4. The number of benzene rings is 3. The molecule has 0 fully saturated rings. The van der Waals surface area contributed by atoms with Crippen LogP contribution in [0.25, 0.3) is 0 Å². The Morgan fingerprint density at radius 3 is 2.38 bits per heavy atom. The lowest BCUT2D eigenvalue weighted by molar-refractivity contribution is -0.132. The van der Waals surface area contributed by atoms with Crippen molar-refractivity contribution in [1.29, 1.82) is 0 Å². The third-order valence-electron chi connectivity index (χ3n) is 5.98. The lowest BCUT2D eigenvalue weighted by atomic mass is 9.82. The summed E-state index contributed by atoms with van der Waals surface area (Å²) in [5.41, 5.74) is 2.36. The quantitative estimate of drug-likeness (QED) is 0.598. The van der Waals surface area contributed by atoms with Gasteiger partial charge in [-0.15, -0.1) is 0 Å². The molecule has 0 radical (unpaired) electrons. The molecule has 0 saturated heterocycles. The number of halogens is 1. The largest absolute Gasteiger partial charge is 0.497 e. The zero-order valence-electron chi connectivity index (χ0n) is 18.1. The maximum Gasteiger partial charge on any atom is 0.255 e. The van der Waals surface area contributed by atoms with Gasteiger partial charge in [0, 0.05) is 30.1 Å². The van der Waals surface area contributed by atoms with E-state index in [1.807, 2.05) is 67.6 Å². The molecule has 6 heteroatoms. The standard InChI is InChI=1S/C26H25ClN2O3/c1-26(25(31)28-16-18-7-11-21(27)12-8-18)15-20-5-3-4-6-23(20)24(30)29(26)17-19-9-13-22(32-2)14-10-19/h3-14H,15-17H2,1-2H3,(H,28,31). The number of hydrogen-bond donors (Lipinski definition) is 1. The first-order chi connectivity index (χ1) is 15.4. The number of carbonyl (C=O) groups excluding carboxylic acids is 2. The summed E-state index contributed by atoms with van der Waals surface area (Å²) in [6.07, 6.45) is 0.442. The Morgan fingerprint density at radius 1 is 1.03 bits per heavy atom. The number of nitrogens with zero attached hydrogens (tertiary/aromatic N) is 1. The maximum absolute atomic E-state index is 13.5. The molecule has 0 spiro atoms. The highest BCUT2D eigenvalue weighted by atomic mass is 35.5. The topological polar surface area (TPSA) is 58.6 Å². The van der Waals surface area contributed by atoms with Crippen molar-refractivity contribution in [2.75, 3.05) is 7.11 Å². The molecule has 164 valence electrons. The van der Waals surface area contributed by atoms with E-state index in [0.29, 0.717) is 30.1 Å². The highest BCUT2D eigenvalue weighted by Crippen LogP contribution is 2.33. The van der Waals surface area contributed by atoms with Crippen LogP contribution in [0.1, 0.15) is 34.0 Å². The van der Waals surface area contributed by atoms with Crippen molar-refractivity contribution in [3.8, 4) is 5.75 Å². The van der Waals surface area contributed by atoms with Gasteiger partial charge in [0.2, 0.25) is 5.91 Å². The van der Waals surface area contributed by atoms with Crippen molar-refractivity contribution >= 4 is 23.4 Å². The second kappa shape index (κ2) is 9.05. The molecule has 0 bridgehead atoms. The SMILES string of the molecule is COc1ccc(CN2C(=O)c3ccccc3CC2(C)C(=O)NCc2ccc(Cl)cc2)cc1. The van der Waals surface area contributed by atoms with Crippen molar-refractivity contribution in [2.24, 2.45) is 0 Å². The van der Waals surface area contributed by atoms with Gasteiger partial charge in [0.15, 0.2) is 0 Å². The first kappa shape index (κ1) is 21.9. The van der Waals surface area contributed by atoms with Crippen molar-refractivity contribution < 1.29 is 14.3 Å². The molecule has 0 aliphatic carbocycles. The summed E-state index contributed by atoms with van der Waals surface area (Å²) in [5.74, 6) is 0.406. The van der Waals surface area contributed by atoms with E-state index in [4.69, 9.17) is 16.3 Å². The van der Waals surface area contributed by atoms with Crippen LogP contribution in [0, 0.1) is 0 Å². The van der Waals surface area contributed by atoms with Gasteiger partial charge in [-0.05, 0) is 53.9 Å². The van der Waals surface area contributed by atoms with E-state index < -0.39 is 5.54 Å². The van der Waals surface area contributed by atoms with E-state index in [0.717, 1.165) is 22.4 Å². The molecule has 1 aliphatic heterocycles. The molecule has 3 aromatic rings. The van der Waals surface area contributed by atoms with Gasteiger partial charge in [-0.3, -0.25) is 9.59 Å². The lowest BCUT2D eigenvalue weighted by Crippen LogP contribution is -2.62. The summed E-state index contributed by atoms with van der Waals surface area (Å²) in [4.78, 5) is 28.6. The molecule has 1 heterocycles. The zero-order valence-corrected chi connectivity index (χ0v) is 18.9. The second-order valence-corrected chi connectivity index (χ2v) is 8.59. The van der Waals surface area contributed by atoms with Crippen molar-refractivity contribution in [3.05, 3.63) is 100 Å². The Bertz CT molecular complexity index is 1130. The Morgan fingerprint density at radius 2 is 1.69 bits per heavy atom. The Balaban J connectivity index is 1.62. The molecule has 5 nitrogen and oxygen atoms in total. The molecule has 0 aromatic heterocycles. The molecule has 1 aliphatic rings. The van der Waals surface area contributed by atoms with Gasteiger partial charge < -0.3 is 15.0 Å². The average molecular weight is 449 g/mol. The maximum atomic E-state index is 13.5. The number of ether oxygens (including phenoxy) is 1. The van der Waals surface area contributed by atoms with Gasteiger partial charge >= 0.3 is 0 Å². The van der Waals surface area contributed by atoms with Crippen LogP contribution >= 0.6 is 11.6 Å². The average Bonchev–Trinajstić information content (AvgIpc) is 2.81. The number of hydrogen-bond acceptors (Lipinski definition) is 3. The van der Waals surface area contributed by atoms with Crippen molar-refractivity contribution in [3.63, 3.8) is 0 Å². The van der Waals surface area contributed by atoms with Crippen LogP contribution in [0.5, 0.6) is 5.75 Å². The molecule has 2 amide bonds. The van der Waals surface area contributed by atoms with Gasteiger partial charge in [0.05, 0.1) is 7.11 Å². The third kappa shape index (κ3) is 4.34. The molecule has 0 saturated carbocycles. The fourth-order valence-corrected chi connectivity index (χ4v) is 4.18. The number of fused-ring (bicyclic) bond motifs is 1. The van der Waals surface area contributed by atoms with Crippen molar-refractivity contribution in [2.45, 2.75) is 32.0 Å². The molecular weight excluding hydrogens is 424 g/mol. The van der Waals surface area contributed by atoms with Gasteiger partial charge in [-0.2, -0.15) is 0 Å². The fraction of sp³-hybridized carbons (Fsp3) is 0.231. The number of methoxy groups -OCH3 is 1. The van der Waals surface area contributed by atoms with E-state index in [9.17, 15) is 9.59 Å². The van der Waals surface area contributed by atoms with Crippen molar-refractivity contribution in [1.82, 2.24) is 10.2 Å². The summed E-state index contributed by atoms with van der Waals surface area (Å²) < 4.78 is 5.23. The summed E-state index contributed by atoms with van der Waals surface area (Å²) in [5, 5.41) is 3.66. The molecule has 1 N–H and O–H groups in total. The minimum absolute atomic E-state index is 0.146. The predicted octanol–water partition coefficient (Wildman–Crippen LogP) is 4.62. The molecule has 32 heavy (non-hydrogen) atoms. The Kier molecular flexibility index (Phi) is 6.19. The van der Waals surface area contributed by atoms with Crippen LogP contribution in [-0.4, -0.2) is 29.4 Å². The number of rotatable bonds is 6. The van der Waals surface area contributed by atoms with Crippen LogP contribution in [-0.2, 0) is 24.3 Å². The van der Waals surface area contributed by atoms with Crippen LogP contribution in [0.4, 0.5) is 0 Å². The van der Waals surface area contributed by atoms with Gasteiger partial charge in [-0.1, -0.05) is 54.1 Å². The smallest absolute Gasteiger partial charge is 0.255 e. The van der Waals surface area contributed by atoms with E-state index in [-0.39, 0.29) is 11.8 Å². The van der Waals surface area contributed by atoms with Gasteiger partial charge in [0.1, 0.15) is 11.3 Å². The minimum atomic E-state index is -1.03. The summed E-state index contributed by atoms with van der Waals surface area (Å²) in [6.45, 7) is 2.52. The molecule has 3 aromatic carbocycles. The van der Waals surface area contributed by atoms with Crippen LogP contribution in [0.15, 0.2) is 72.8 Å². The van der Waals surface area contributed by atoms with Crippen LogP contribution < -0.4 is 10.1 Å². The minimum Gasteiger partial charge on any atom is -0.497 e. The second-order valence-electron chi connectivity index (χ2n) is 8.16. The Labute approximate surface area is 193 Å². The fourth-order valence-electron chi connectivity index (χ4n) is 4.06. The zero-order chi connectivity index (χ0) is 22.7. The lowest BCUT2D eigenvalue weighted by Gasteiger charge is -2.44. The molecule has 1 atom stereocenters. The first-order valence-corrected chi connectivity index (χ1v) is 10.8. The number of nitrogens with one attached hydrogen (secondary N) is 1. The van der Waals surface area contributed by atoms with Crippen LogP contribution in [0.3, 0.4) is 0 Å². The highest BCUT2D eigenvalue weighted by molar-refractivity contribution is 6.30. The third-order valence-corrected chi connectivity index (χ3v) is 6.23. The van der Waals surface area contributed by atoms with E-state index in [1.165, 1.54) is 0 Å². The van der Waals surface area contributed by atoms with E-state index in [2.05, 4.69) is 5.32 Å². The van der Waals surface area contributed by atoms with E-state index >= 15 is 0 Å². The predicted molar refractivity (Wildman–Crippen MR) is 125 cm³/mol. The number of amides is 2. The van der Waals surface area contributed by atoms with Gasteiger partial charge in [-0.25, -0.2) is 0 Å². The Hall–Kier alpha value is -3.31. The first-order valence-electron chi connectivity index (χ1n) is 10.5. The highest BCUT2D eigenvalue weighted by Gasteiger charge is 2.46.